The Hall–Kier alpha value is -0.0500. The van der Waals surface area contributed by atoms with Crippen molar-refractivity contribution in [1.82, 2.24) is 0 Å². The Kier molecular flexibility index (Phi) is 3.86. The molecule has 1 nitrogen and oxygen atoms in total. The zero-order chi connectivity index (χ0) is 12.6. The van der Waals surface area contributed by atoms with Crippen molar-refractivity contribution in [2.45, 2.75) is 45.1 Å². The molecule has 2 rings (SSSR count). The number of benzene rings is 1. The summed E-state index contributed by atoms with van der Waals surface area (Å²) in [7, 11) is 0. The molecule has 2 atom stereocenters. The number of hydrogen-bond acceptors (Lipinski definition) is 1. The Bertz CT molecular complexity index is 415. The van der Waals surface area contributed by atoms with Gasteiger partial charge in [-0.3, -0.25) is 0 Å². The third-order valence-electron chi connectivity index (χ3n) is 4.58. The molecule has 0 bridgehead atoms. The molecule has 1 aliphatic carbocycles. The molecule has 1 saturated carbocycles. The van der Waals surface area contributed by atoms with Crippen molar-refractivity contribution in [2.75, 3.05) is 0 Å². The fourth-order valence-corrected chi connectivity index (χ4v) is 4.11. The molecule has 0 spiro atoms. The molecule has 1 aliphatic rings. The summed E-state index contributed by atoms with van der Waals surface area (Å²) < 4.78 is 1.04. The molecule has 0 aliphatic heterocycles. The number of hydrogen-bond donors (Lipinski definition) is 1. The lowest BCUT2D eigenvalue weighted by Crippen LogP contribution is -2.55. The van der Waals surface area contributed by atoms with E-state index in [1.54, 1.807) is 0 Å². The molecule has 1 aromatic carbocycles. The molecule has 0 heterocycles. The highest BCUT2D eigenvalue weighted by atomic mass is 79.9. The minimum atomic E-state index is 0.247. The second-order valence-corrected chi connectivity index (χ2v) is 6.32. The first-order valence-corrected chi connectivity index (χ1v) is 7.42. The summed E-state index contributed by atoms with van der Waals surface area (Å²) in [6, 6.07) is 6.52. The summed E-state index contributed by atoms with van der Waals surface area (Å²) >= 11 is 9.81. The van der Waals surface area contributed by atoms with E-state index in [0.29, 0.717) is 12.0 Å². The van der Waals surface area contributed by atoms with E-state index in [0.717, 1.165) is 28.8 Å². The molecular formula is C14H19BrClN. The Morgan fingerprint density at radius 2 is 2.06 bits per heavy atom. The van der Waals surface area contributed by atoms with Crippen LogP contribution >= 0.6 is 27.5 Å². The van der Waals surface area contributed by atoms with Gasteiger partial charge in [-0.1, -0.05) is 47.4 Å². The standard InChI is InChI=1S/C14H19BrClN/c1-3-14(4-2)11(8-13(14)17)10-6-5-9(15)7-12(10)16/h5-7,11,13H,3-4,8,17H2,1-2H3. The summed E-state index contributed by atoms with van der Waals surface area (Å²) in [6.45, 7) is 4.48. The van der Waals surface area contributed by atoms with Gasteiger partial charge in [0.2, 0.25) is 0 Å². The summed E-state index contributed by atoms with van der Waals surface area (Å²) in [5, 5.41) is 0.863. The van der Waals surface area contributed by atoms with Crippen LogP contribution in [0.15, 0.2) is 22.7 Å². The molecule has 1 aromatic rings. The van der Waals surface area contributed by atoms with Gasteiger partial charge in [-0.05, 0) is 48.3 Å². The van der Waals surface area contributed by atoms with Crippen LogP contribution in [0.4, 0.5) is 0 Å². The van der Waals surface area contributed by atoms with Gasteiger partial charge in [0.25, 0.3) is 0 Å². The normalized spacial score (nSPS) is 26.6. The smallest absolute Gasteiger partial charge is 0.0452 e. The highest BCUT2D eigenvalue weighted by Crippen LogP contribution is 2.57. The van der Waals surface area contributed by atoms with Crippen molar-refractivity contribution < 1.29 is 0 Å². The lowest BCUT2D eigenvalue weighted by molar-refractivity contribution is 0.0438. The van der Waals surface area contributed by atoms with Crippen molar-refractivity contribution in [3.05, 3.63) is 33.3 Å². The zero-order valence-electron chi connectivity index (χ0n) is 10.3. The van der Waals surface area contributed by atoms with Crippen LogP contribution in [-0.2, 0) is 0 Å². The van der Waals surface area contributed by atoms with E-state index < -0.39 is 0 Å². The van der Waals surface area contributed by atoms with Gasteiger partial charge < -0.3 is 5.73 Å². The van der Waals surface area contributed by atoms with E-state index in [9.17, 15) is 0 Å². The van der Waals surface area contributed by atoms with Gasteiger partial charge in [0.05, 0.1) is 0 Å². The van der Waals surface area contributed by atoms with Crippen LogP contribution in [0, 0.1) is 5.41 Å². The molecule has 0 saturated heterocycles. The minimum Gasteiger partial charge on any atom is -0.327 e. The summed E-state index contributed by atoms with van der Waals surface area (Å²) in [6.07, 6.45) is 3.31. The van der Waals surface area contributed by atoms with Crippen LogP contribution in [0.1, 0.15) is 44.6 Å². The largest absolute Gasteiger partial charge is 0.327 e. The predicted molar refractivity (Wildman–Crippen MR) is 77.5 cm³/mol. The van der Waals surface area contributed by atoms with Crippen LogP contribution in [0.3, 0.4) is 0 Å². The Morgan fingerprint density at radius 1 is 1.41 bits per heavy atom. The van der Waals surface area contributed by atoms with Gasteiger partial charge in [0.1, 0.15) is 0 Å². The van der Waals surface area contributed by atoms with Crippen molar-refractivity contribution in [1.29, 1.82) is 0 Å². The molecule has 2 unspecified atom stereocenters. The van der Waals surface area contributed by atoms with Gasteiger partial charge in [-0.25, -0.2) is 0 Å². The fraction of sp³-hybridized carbons (Fsp3) is 0.571. The summed E-state index contributed by atoms with van der Waals surface area (Å²) in [5.41, 5.74) is 7.75. The van der Waals surface area contributed by atoms with Crippen molar-refractivity contribution >= 4 is 27.5 Å². The van der Waals surface area contributed by atoms with Crippen LogP contribution in [-0.4, -0.2) is 6.04 Å². The monoisotopic (exact) mass is 315 g/mol. The third-order valence-corrected chi connectivity index (χ3v) is 5.40. The van der Waals surface area contributed by atoms with Crippen LogP contribution < -0.4 is 5.73 Å². The molecule has 1 fully saturated rings. The Balaban J connectivity index is 2.35. The van der Waals surface area contributed by atoms with E-state index in [2.05, 4.69) is 41.9 Å². The zero-order valence-corrected chi connectivity index (χ0v) is 12.7. The van der Waals surface area contributed by atoms with Crippen molar-refractivity contribution in [3.8, 4) is 0 Å². The second kappa shape index (κ2) is 4.91. The molecule has 94 valence electrons. The number of nitrogens with two attached hydrogens (primary N) is 1. The molecule has 17 heavy (non-hydrogen) atoms. The Labute approximate surface area is 117 Å². The number of rotatable bonds is 3. The molecule has 0 aromatic heterocycles. The average Bonchev–Trinajstić information content (AvgIpc) is 2.29. The van der Waals surface area contributed by atoms with Gasteiger partial charge in [0, 0.05) is 15.5 Å². The highest BCUT2D eigenvalue weighted by Gasteiger charge is 2.51. The van der Waals surface area contributed by atoms with Crippen LogP contribution in [0.2, 0.25) is 5.02 Å². The molecule has 0 radical (unpaired) electrons. The first-order valence-electron chi connectivity index (χ1n) is 6.25. The third kappa shape index (κ3) is 2.05. The minimum absolute atomic E-state index is 0.247. The molecule has 2 N–H and O–H groups in total. The summed E-state index contributed by atoms with van der Waals surface area (Å²) in [5.74, 6) is 0.521. The highest BCUT2D eigenvalue weighted by molar-refractivity contribution is 9.10. The van der Waals surface area contributed by atoms with E-state index in [4.69, 9.17) is 17.3 Å². The lowest BCUT2D eigenvalue weighted by Gasteiger charge is -2.55. The SMILES string of the molecule is CCC1(CC)C(N)CC1c1ccc(Br)cc1Cl. The van der Waals surface area contributed by atoms with E-state index in [-0.39, 0.29) is 5.41 Å². The molecule has 3 heteroatoms. The quantitative estimate of drug-likeness (QED) is 0.857. The maximum Gasteiger partial charge on any atom is 0.0452 e. The van der Waals surface area contributed by atoms with Crippen molar-refractivity contribution in [3.63, 3.8) is 0 Å². The van der Waals surface area contributed by atoms with E-state index >= 15 is 0 Å². The first-order chi connectivity index (χ1) is 8.05. The van der Waals surface area contributed by atoms with Gasteiger partial charge in [-0.2, -0.15) is 0 Å². The fourth-order valence-electron chi connectivity index (χ4n) is 3.31. The maximum absolute atomic E-state index is 6.36. The number of halogens is 2. The van der Waals surface area contributed by atoms with Crippen LogP contribution in [0.25, 0.3) is 0 Å². The first kappa shape index (κ1) is 13.4. The summed E-state index contributed by atoms with van der Waals surface area (Å²) in [4.78, 5) is 0. The topological polar surface area (TPSA) is 26.0 Å². The lowest BCUT2D eigenvalue weighted by atomic mass is 9.52. The average molecular weight is 317 g/mol. The van der Waals surface area contributed by atoms with E-state index in [1.807, 2.05) is 6.07 Å². The van der Waals surface area contributed by atoms with Gasteiger partial charge in [-0.15, -0.1) is 0 Å². The van der Waals surface area contributed by atoms with Gasteiger partial charge in [0.15, 0.2) is 0 Å². The van der Waals surface area contributed by atoms with Crippen molar-refractivity contribution in [2.24, 2.45) is 11.1 Å². The second-order valence-electron chi connectivity index (χ2n) is 5.00. The van der Waals surface area contributed by atoms with E-state index in [1.165, 1.54) is 5.56 Å². The predicted octanol–water partition coefficient (Wildman–Crippen LogP) is 4.72. The van der Waals surface area contributed by atoms with Gasteiger partial charge >= 0.3 is 0 Å². The van der Waals surface area contributed by atoms with Crippen LogP contribution in [0.5, 0.6) is 0 Å². The molecular weight excluding hydrogens is 298 g/mol. The maximum atomic E-state index is 6.36. The molecule has 0 amide bonds. The Morgan fingerprint density at radius 3 is 2.53 bits per heavy atom.